The number of hydrogen-bond donors (Lipinski definition) is 0. The van der Waals surface area contributed by atoms with Crippen LogP contribution in [-0.4, -0.2) is 11.5 Å². The van der Waals surface area contributed by atoms with Crippen molar-refractivity contribution in [1.82, 2.24) is 0 Å². The molecular weight excluding hydrogens is 200 g/mol. The molecule has 0 radical (unpaired) electrons. The van der Waals surface area contributed by atoms with E-state index in [9.17, 15) is 0 Å². The second-order valence-electron chi connectivity index (χ2n) is 4.63. The fourth-order valence-corrected chi connectivity index (χ4v) is 4.35. The van der Waals surface area contributed by atoms with Crippen LogP contribution in [0.4, 0.5) is 0 Å². The van der Waals surface area contributed by atoms with Crippen molar-refractivity contribution in [2.24, 2.45) is 0 Å². The van der Waals surface area contributed by atoms with Crippen molar-refractivity contribution in [3.05, 3.63) is 29.8 Å². The van der Waals surface area contributed by atoms with E-state index < -0.39 is 0 Å². The van der Waals surface area contributed by atoms with Crippen molar-refractivity contribution >= 4 is 10.9 Å². The largest absolute Gasteiger partial charge is 0.154 e. The summed E-state index contributed by atoms with van der Waals surface area (Å²) < 4.78 is 0. The van der Waals surface area contributed by atoms with E-state index in [1.807, 2.05) is 0 Å². The maximum absolute atomic E-state index is 2.43. The zero-order valence-corrected chi connectivity index (χ0v) is 10.6. The molecule has 0 bridgehead atoms. The lowest BCUT2D eigenvalue weighted by Gasteiger charge is -2.20. The summed E-state index contributed by atoms with van der Waals surface area (Å²) in [5, 5.41) is 0.960. The fourth-order valence-electron chi connectivity index (χ4n) is 2.36. The van der Waals surface area contributed by atoms with Crippen molar-refractivity contribution < 1.29 is 0 Å². The monoisotopic (exact) mass is 221 g/mol. The van der Waals surface area contributed by atoms with Crippen LogP contribution in [-0.2, 0) is 10.9 Å². The minimum atomic E-state index is 0.472. The molecule has 0 amide bonds. The average molecular weight is 221 g/mol. The number of aryl methyl sites for hydroxylation is 1. The minimum absolute atomic E-state index is 0.472. The maximum Gasteiger partial charge on any atom is 0.154 e. The molecule has 0 saturated heterocycles. The van der Waals surface area contributed by atoms with Crippen LogP contribution in [0.25, 0.3) is 0 Å². The van der Waals surface area contributed by atoms with Crippen LogP contribution in [0.15, 0.2) is 29.2 Å². The van der Waals surface area contributed by atoms with Gasteiger partial charge in [-0.3, -0.25) is 0 Å². The van der Waals surface area contributed by atoms with E-state index in [-0.39, 0.29) is 0 Å². The quantitative estimate of drug-likeness (QED) is 0.664. The fraction of sp³-hybridized carbons (Fsp3) is 0.571. The lowest BCUT2D eigenvalue weighted by Crippen LogP contribution is -2.23. The summed E-state index contributed by atoms with van der Waals surface area (Å²) in [6.07, 6.45) is 9.70. The lowest BCUT2D eigenvalue weighted by atomic mass is 10.0. The molecule has 0 heterocycles. The molecule has 82 valence electrons. The van der Waals surface area contributed by atoms with E-state index in [0.29, 0.717) is 10.9 Å². The van der Waals surface area contributed by atoms with Crippen molar-refractivity contribution in [3.8, 4) is 0 Å². The summed E-state index contributed by atoms with van der Waals surface area (Å²) in [6.45, 7) is 2.16. The third-order valence-electron chi connectivity index (χ3n) is 3.44. The summed E-state index contributed by atoms with van der Waals surface area (Å²) in [7, 11) is 0.472. The summed E-state index contributed by atoms with van der Waals surface area (Å²) in [6, 6.07) is 9.16. The van der Waals surface area contributed by atoms with E-state index in [1.165, 1.54) is 37.7 Å². The molecular formula is C14H21S+. The van der Waals surface area contributed by atoms with Crippen LogP contribution in [0.3, 0.4) is 0 Å². The van der Waals surface area contributed by atoms with Crippen LogP contribution >= 0.6 is 0 Å². The first-order valence-electron chi connectivity index (χ1n) is 5.99. The average Bonchev–Trinajstić information content (AvgIpc) is 2.30. The second-order valence-corrected chi connectivity index (χ2v) is 6.88. The van der Waals surface area contributed by atoms with E-state index in [2.05, 4.69) is 37.4 Å². The molecule has 15 heavy (non-hydrogen) atoms. The summed E-state index contributed by atoms with van der Waals surface area (Å²) in [4.78, 5) is 1.56. The van der Waals surface area contributed by atoms with E-state index in [1.54, 1.807) is 4.90 Å². The van der Waals surface area contributed by atoms with Crippen LogP contribution < -0.4 is 0 Å². The molecule has 1 unspecified atom stereocenters. The zero-order chi connectivity index (χ0) is 10.7. The van der Waals surface area contributed by atoms with Gasteiger partial charge in [0.15, 0.2) is 4.90 Å². The van der Waals surface area contributed by atoms with Gasteiger partial charge in [-0.15, -0.1) is 0 Å². The Morgan fingerprint density at radius 3 is 2.20 bits per heavy atom. The maximum atomic E-state index is 2.43. The van der Waals surface area contributed by atoms with Gasteiger partial charge in [-0.25, -0.2) is 0 Å². The Labute approximate surface area is 96.4 Å². The molecule has 0 aliphatic heterocycles. The molecule has 1 aliphatic rings. The third kappa shape index (κ3) is 2.78. The first-order chi connectivity index (χ1) is 7.27. The van der Waals surface area contributed by atoms with Gasteiger partial charge in [-0.1, -0.05) is 24.1 Å². The number of hydrogen-bond acceptors (Lipinski definition) is 0. The number of rotatable bonds is 2. The lowest BCUT2D eigenvalue weighted by molar-refractivity contribution is 0.513. The van der Waals surface area contributed by atoms with Crippen molar-refractivity contribution in [2.45, 2.75) is 49.2 Å². The third-order valence-corrected chi connectivity index (χ3v) is 5.93. The molecule has 2 rings (SSSR count). The first kappa shape index (κ1) is 11.1. The highest BCUT2D eigenvalue weighted by Gasteiger charge is 2.29. The predicted octanol–water partition coefficient (Wildman–Crippen LogP) is 3.93. The van der Waals surface area contributed by atoms with Gasteiger partial charge in [0, 0.05) is 10.9 Å². The Hall–Kier alpha value is -0.430. The van der Waals surface area contributed by atoms with Crippen LogP contribution in [0.2, 0.25) is 0 Å². The molecule has 0 N–H and O–H groups in total. The SMILES string of the molecule is Cc1ccc([S+](C)C2CCCCC2)cc1. The molecule has 1 aliphatic carbocycles. The van der Waals surface area contributed by atoms with Crippen LogP contribution in [0.1, 0.15) is 37.7 Å². The predicted molar refractivity (Wildman–Crippen MR) is 69.6 cm³/mol. The highest BCUT2D eigenvalue weighted by atomic mass is 32.2. The Morgan fingerprint density at radius 2 is 1.60 bits per heavy atom. The van der Waals surface area contributed by atoms with Crippen molar-refractivity contribution in [3.63, 3.8) is 0 Å². The van der Waals surface area contributed by atoms with Gasteiger partial charge >= 0.3 is 0 Å². The van der Waals surface area contributed by atoms with Crippen molar-refractivity contribution in [2.75, 3.05) is 6.26 Å². The molecule has 1 aromatic carbocycles. The molecule has 1 atom stereocenters. The summed E-state index contributed by atoms with van der Waals surface area (Å²) in [5.41, 5.74) is 1.37. The van der Waals surface area contributed by atoms with Gasteiger partial charge in [-0.05, 0) is 44.7 Å². The normalized spacial score (nSPS) is 20.1. The van der Waals surface area contributed by atoms with Crippen LogP contribution in [0.5, 0.6) is 0 Å². The molecule has 0 aromatic heterocycles. The topological polar surface area (TPSA) is 0 Å². The van der Waals surface area contributed by atoms with E-state index in [0.717, 1.165) is 5.25 Å². The summed E-state index contributed by atoms with van der Waals surface area (Å²) >= 11 is 0. The van der Waals surface area contributed by atoms with Gasteiger partial charge in [0.25, 0.3) is 0 Å². The van der Waals surface area contributed by atoms with Gasteiger partial charge in [-0.2, -0.15) is 0 Å². The molecule has 0 nitrogen and oxygen atoms in total. The highest BCUT2D eigenvalue weighted by molar-refractivity contribution is 7.96. The first-order valence-corrected chi connectivity index (χ1v) is 7.68. The zero-order valence-electron chi connectivity index (χ0n) is 9.83. The molecule has 1 fully saturated rings. The Kier molecular flexibility index (Phi) is 3.74. The standard InChI is InChI=1S/C14H21S/c1-12-8-10-14(11-9-12)15(2)13-6-4-3-5-7-13/h8-11,13H,3-7H2,1-2H3/q+1. The van der Waals surface area contributed by atoms with Gasteiger partial charge in [0.05, 0.1) is 0 Å². The molecule has 1 aromatic rings. The highest BCUT2D eigenvalue weighted by Crippen LogP contribution is 2.28. The Balaban J connectivity index is 2.05. The molecule has 1 saturated carbocycles. The summed E-state index contributed by atoms with van der Waals surface area (Å²) in [5.74, 6) is 0. The van der Waals surface area contributed by atoms with Gasteiger partial charge < -0.3 is 0 Å². The van der Waals surface area contributed by atoms with Gasteiger partial charge in [0.2, 0.25) is 0 Å². The van der Waals surface area contributed by atoms with Gasteiger partial charge in [0.1, 0.15) is 11.5 Å². The molecule has 1 heteroatoms. The van der Waals surface area contributed by atoms with Crippen LogP contribution in [0, 0.1) is 6.92 Å². The van der Waals surface area contributed by atoms with E-state index in [4.69, 9.17) is 0 Å². The number of benzene rings is 1. The van der Waals surface area contributed by atoms with Crippen molar-refractivity contribution in [1.29, 1.82) is 0 Å². The minimum Gasteiger partial charge on any atom is -0.0543 e. The Morgan fingerprint density at radius 1 is 1.00 bits per heavy atom. The molecule has 0 spiro atoms. The second kappa shape index (κ2) is 5.07. The Bertz CT molecular complexity index is 296. The van der Waals surface area contributed by atoms with E-state index >= 15 is 0 Å². The smallest absolute Gasteiger partial charge is 0.0543 e.